The van der Waals surface area contributed by atoms with Crippen molar-refractivity contribution < 1.29 is 9.53 Å². The van der Waals surface area contributed by atoms with Crippen molar-refractivity contribution in [2.24, 2.45) is 0 Å². The summed E-state index contributed by atoms with van der Waals surface area (Å²) >= 11 is 3.25. The summed E-state index contributed by atoms with van der Waals surface area (Å²) in [6.45, 7) is 3.82. The van der Waals surface area contributed by atoms with Gasteiger partial charge in [-0.3, -0.25) is 4.79 Å². The Balaban J connectivity index is 2.33. The van der Waals surface area contributed by atoms with Crippen molar-refractivity contribution in [2.75, 3.05) is 12.4 Å². The van der Waals surface area contributed by atoms with Crippen molar-refractivity contribution >= 4 is 27.7 Å². The van der Waals surface area contributed by atoms with E-state index in [1.165, 1.54) is 0 Å². The maximum absolute atomic E-state index is 11.9. The molecular weight excluding hydrogens is 286 g/mol. The van der Waals surface area contributed by atoms with Gasteiger partial charge in [0, 0.05) is 0 Å². The molecule has 92 valence electrons. The van der Waals surface area contributed by atoms with E-state index in [4.69, 9.17) is 4.74 Å². The van der Waals surface area contributed by atoms with Crippen LogP contribution >= 0.6 is 15.9 Å². The predicted molar refractivity (Wildman–Crippen MR) is 68.1 cm³/mol. The molecule has 1 atom stereocenters. The molecule has 0 saturated heterocycles. The molecule has 2 heterocycles. The number of hydrogen-bond acceptors (Lipinski definition) is 4. The van der Waals surface area contributed by atoms with Gasteiger partial charge in [-0.15, -0.1) is 0 Å². The van der Waals surface area contributed by atoms with Crippen LogP contribution in [0.2, 0.25) is 0 Å². The Morgan fingerprint density at radius 1 is 1.53 bits per heavy atom. The Labute approximate surface area is 108 Å². The van der Waals surface area contributed by atoms with Gasteiger partial charge < -0.3 is 15.4 Å². The van der Waals surface area contributed by atoms with Gasteiger partial charge in [0.2, 0.25) is 0 Å². The predicted octanol–water partition coefficient (Wildman–Crippen LogP) is 1.54. The van der Waals surface area contributed by atoms with Gasteiger partial charge in [-0.1, -0.05) is 0 Å². The van der Waals surface area contributed by atoms with Crippen LogP contribution in [0.15, 0.2) is 16.7 Å². The fraction of sp³-hybridized carbons (Fsp3) is 0.455. The fourth-order valence-corrected chi connectivity index (χ4v) is 1.89. The second kappa shape index (κ2) is 4.27. The molecule has 0 fully saturated rings. The molecule has 1 unspecified atom stereocenters. The Bertz CT molecular complexity index is 462. The SMILES string of the molecule is CNC(C)(C)C1Oc2ccc(Br)nc2NC1=O. The average molecular weight is 300 g/mol. The van der Waals surface area contributed by atoms with Gasteiger partial charge in [0.05, 0.1) is 5.54 Å². The highest BCUT2D eigenvalue weighted by atomic mass is 79.9. The molecule has 0 aliphatic carbocycles. The van der Waals surface area contributed by atoms with E-state index in [2.05, 4.69) is 31.5 Å². The normalized spacial score (nSPS) is 19.3. The number of nitrogens with one attached hydrogen (secondary N) is 2. The van der Waals surface area contributed by atoms with Crippen LogP contribution in [0.4, 0.5) is 5.82 Å². The maximum atomic E-state index is 11.9. The molecule has 1 amide bonds. The third-order valence-corrected chi connectivity index (χ3v) is 3.29. The van der Waals surface area contributed by atoms with Crippen molar-refractivity contribution in [2.45, 2.75) is 25.5 Å². The summed E-state index contributed by atoms with van der Waals surface area (Å²) < 4.78 is 6.36. The Kier molecular flexibility index (Phi) is 3.09. The quantitative estimate of drug-likeness (QED) is 0.813. The highest BCUT2D eigenvalue weighted by Crippen LogP contribution is 2.31. The summed E-state index contributed by atoms with van der Waals surface area (Å²) in [5.74, 6) is 0.844. The molecule has 1 aliphatic rings. The van der Waals surface area contributed by atoms with Crippen LogP contribution in [0.25, 0.3) is 0 Å². The average Bonchev–Trinajstić information content (AvgIpc) is 2.27. The van der Waals surface area contributed by atoms with E-state index in [9.17, 15) is 4.79 Å². The van der Waals surface area contributed by atoms with Gasteiger partial charge in [-0.05, 0) is 49.0 Å². The molecule has 1 aromatic heterocycles. The fourth-order valence-electron chi connectivity index (χ4n) is 1.58. The second-order valence-electron chi connectivity index (χ2n) is 4.44. The van der Waals surface area contributed by atoms with Crippen LogP contribution in [0.1, 0.15) is 13.8 Å². The number of rotatable bonds is 2. The van der Waals surface area contributed by atoms with E-state index in [1.54, 1.807) is 19.2 Å². The van der Waals surface area contributed by atoms with Crippen LogP contribution in [-0.2, 0) is 4.79 Å². The topological polar surface area (TPSA) is 63.2 Å². The van der Waals surface area contributed by atoms with Gasteiger partial charge in [0.25, 0.3) is 5.91 Å². The molecule has 2 N–H and O–H groups in total. The molecule has 17 heavy (non-hydrogen) atoms. The van der Waals surface area contributed by atoms with Crippen LogP contribution in [0, 0.1) is 0 Å². The van der Waals surface area contributed by atoms with Gasteiger partial charge in [-0.2, -0.15) is 0 Å². The van der Waals surface area contributed by atoms with Crippen molar-refractivity contribution in [3.8, 4) is 5.75 Å². The third-order valence-electron chi connectivity index (χ3n) is 2.85. The molecule has 0 bridgehead atoms. The first-order chi connectivity index (χ1) is 7.94. The lowest BCUT2D eigenvalue weighted by molar-refractivity contribution is -0.126. The Hall–Kier alpha value is -1.14. The van der Waals surface area contributed by atoms with E-state index >= 15 is 0 Å². The number of aromatic nitrogens is 1. The number of pyridine rings is 1. The second-order valence-corrected chi connectivity index (χ2v) is 5.25. The summed E-state index contributed by atoms with van der Waals surface area (Å²) in [5, 5.41) is 5.81. The standard InChI is InChI=1S/C11H14BrN3O2/c1-11(2,13-3)8-10(16)15-9-6(17-8)4-5-7(12)14-9/h4-5,8,13H,1-3H3,(H,14,15,16). The lowest BCUT2D eigenvalue weighted by atomic mass is 9.96. The zero-order chi connectivity index (χ0) is 12.6. The van der Waals surface area contributed by atoms with E-state index < -0.39 is 11.6 Å². The third kappa shape index (κ3) is 2.28. The number of fused-ring (bicyclic) bond motifs is 1. The van der Waals surface area contributed by atoms with E-state index in [0.29, 0.717) is 16.2 Å². The summed E-state index contributed by atoms with van der Waals surface area (Å²) in [6.07, 6.45) is -0.581. The minimum absolute atomic E-state index is 0.192. The number of halogens is 1. The lowest BCUT2D eigenvalue weighted by Gasteiger charge is -2.36. The first kappa shape index (κ1) is 12.3. The largest absolute Gasteiger partial charge is 0.475 e. The number of anilines is 1. The molecule has 5 nitrogen and oxygen atoms in total. The molecule has 0 radical (unpaired) electrons. The Morgan fingerprint density at radius 2 is 2.24 bits per heavy atom. The van der Waals surface area contributed by atoms with Gasteiger partial charge in [-0.25, -0.2) is 4.98 Å². The summed E-state index contributed by atoms with van der Waals surface area (Å²) in [5.41, 5.74) is -0.450. The first-order valence-corrected chi connectivity index (χ1v) is 6.06. The molecule has 0 spiro atoms. The van der Waals surface area contributed by atoms with E-state index in [-0.39, 0.29) is 5.91 Å². The smallest absolute Gasteiger partial charge is 0.268 e. The van der Waals surface area contributed by atoms with Crippen molar-refractivity contribution in [1.29, 1.82) is 0 Å². The number of nitrogens with zero attached hydrogens (tertiary/aromatic N) is 1. The molecule has 1 aliphatic heterocycles. The summed E-state index contributed by atoms with van der Waals surface area (Å²) in [4.78, 5) is 16.1. The number of amides is 1. The van der Waals surface area contributed by atoms with Crippen LogP contribution in [-0.4, -0.2) is 29.6 Å². The first-order valence-electron chi connectivity index (χ1n) is 5.27. The molecular formula is C11H14BrN3O2. The van der Waals surface area contributed by atoms with Crippen LogP contribution < -0.4 is 15.4 Å². The zero-order valence-corrected chi connectivity index (χ0v) is 11.5. The Morgan fingerprint density at radius 3 is 2.88 bits per heavy atom. The molecule has 2 rings (SSSR count). The van der Waals surface area contributed by atoms with Crippen LogP contribution in [0.5, 0.6) is 5.75 Å². The number of ether oxygens (including phenoxy) is 1. The maximum Gasteiger partial charge on any atom is 0.268 e. The molecule has 1 aromatic rings. The van der Waals surface area contributed by atoms with Gasteiger partial charge >= 0.3 is 0 Å². The summed E-state index contributed by atoms with van der Waals surface area (Å²) in [7, 11) is 1.80. The monoisotopic (exact) mass is 299 g/mol. The van der Waals surface area contributed by atoms with Crippen molar-refractivity contribution in [3.05, 3.63) is 16.7 Å². The highest BCUT2D eigenvalue weighted by Gasteiger charge is 2.39. The zero-order valence-electron chi connectivity index (χ0n) is 9.87. The lowest BCUT2D eigenvalue weighted by Crippen LogP contribution is -2.57. The molecule has 0 aromatic carbocycles. The minimum atomic E-state index is -0.581. The number of likely N-dealkylation sites (N-methyl/N-ethyl adjacent to an activating group) is 1. The minimum Gasteiger partial charge on any atom is -0.475 e. The number of carbonyl (C=O) groups excluding carboxylic acids is 1. The van der Waals surface area contributed by atoms with E-state index in [1.807, 2.05) is 13.8 Å². The molecule has 6 heteroatoms. The summed E-state index contributed by atoms with van der Waals surface area (Å²) in [6, 6.07) is 3.56. The van der Waals surface area contributed by atoms with Crippen molar-refractivity contribution in [3.63, 3.8) is 0 Å². The van der Waals surface area contributed by atoms with E-state index in [0.717, 1.165) is 0 Å². The highest BCUT2D eigenvalue weighted by molar-refractivity contribution is 9.10. The number of hydrogen-bond donors (Lipinski definition) is 2. The molecule has 0 saturated carbocycles. The van der Waals surface area contributed by atoms with Gasteiger partial charge in [0.1, 0.15) is 4.60 Å². The van der Waals surface area contributed by atoms with Crippen LogP contribution in [0.3, 0.4) is 0 Å². The number of carbonyl (C=O) groups is 1. The van der Waals surface area contributed by atoms with Crippen molar-refractivity contribution in [1.82, 2.24) is 10.3 Å². The van der Waals surface area contributed by atoms with Gasteiger partial charge in [0.15, 0.2) is 17.7 Å².